The molecular formula is C28H31BrN4O3S. The van der Waals surface area contributed by atoms with Crippen molar-refractivity contribution in [1.82, 2.24) is 14.7 Å². The van der Waals surface area contributed by atoms with Crippen LogP contribution in [-0.2, 0) is 0 Å². The number of para-hydroxylation sites is 1. The summed E-state index contributed by atoms with van der Waals surface area (Å²) in [6.45, 7) is 4.69. The third kappa shape index (κ3) is 7.67. The van der Waals surface area contributed by atoms with E-state index in [-0.39, 0.29) is 11.9 Å². The zero-order valence-electron chi connectivity index (χ0n) is 20.8. The molecule has 9 heteroatoms. The van der Waals surface area contributed by atoms with Crippen LogP contribution in [0.1, 0.15) is 15.2 Å². The second-order valence-electron chi connectivity index (χ2n) is 8.64. The molecule has 1 fully saturated rings. The Morgan fingerprint density at radius 1 is 1.08 bits per heavy atom. The van der Waals surface area contributed by atoms with Gasteiger partial charge in [-0.15, -0.1) is 11.3 Å². The predicted molar refractivity (Wildman–Crippen MR) is 153 cm³/mol. The molecule has 0 unspecified atom stereocenters. The molecule has 37 heavy (non-hydrogen) atoms. The number of benzene rings is 2. The van der Waals surface area contributed by atoms with Gasteiger partial charge >= 0.3 is 6.03 Å². The van der Waals surface area contributed by atoms with Gasteiger partial charge in [0.25, 0.3) is 5.91 Å². The van der Waals surface area contributed by atoms with Gasteiger partial charge in [-0.1, -0.05) is 58.4 Å². The van der Waals surface area contributed by atoms with Crippen LogP contribution in [0.4, 0.5) is 10.5 Å². The smallest absolute Gasteiger partial charge is 0.321 e. The second-order valence-corrected chi connectivity index (χ2v) is 10.5. The van der Waals surface area contributed by atoms with Crippen LogP contribution in [0.15, 0.2) is 76.6 Å². The van der Waals surface area contributed by atoms with E-state index in [9.17, 15) is 9.59 Å². The number of ether oxygens (including phenoxy) is 1. The van der Waals surface area contributed by atoms with Crippen molar-refractivity contribution in [3.8, 4) is 5.75 Å². The number of urea groups is 1. The highest BCUT2D eigenvalue weighted by molar-refractivity contribution is 9.10. The first kappa shape index (κ1) is 26.9. The minimum absolute atomic E-state index is 0.0340. The molecule has 2 aromatic carbocycles. The average Bonchev–Trinajstić information content (AvgIpc) is 3.46. The first-order valence-corrected chi connectivity index (χ1v) is 13.9. The summed E-state index contributed by atoms with van der Waals surface area (Å²) in [5.41, 5.74) is 1.75. The Kier molecular flexibility index (Phi) is 9.76. The summed E-state index contributed by atoms with van der Waals surface area (Å²) in [4.78, 5) is 32.6. The molecule has 1 N–H and O–H groups in total. The van der Waals surface area contributed by atoms with E-state index in [2.05, 4.69) is 26.1 Å². The molecule has 3 aromatic rings. The Labute approximate surface area is 230 Å². The average molecular weight is 584 g/mol. The molecule has 0 saturated carbocycles. The summed E-state index contributed by atoms with van der Waals surface area (Å²) >= 11 is 4.89. The van der Waals surface area contributed by atoms with Crippen LogP contribution in [0, 0.1) is 0 Å². The number of nitrogens with zero attached hydrogens (tertiary/aromatic N) is 3. The van der Waals surface area contributed by atoms with E-state index in [0.29, 0.717) is 26.2 Å². The SMILES string of the molecule is COc1ccccc1C=CCN(CCN1CCN(C(=O)Nc2cccc(Br)c2)CC1)C(=O)c1cccs1. The van der Waals surface area contributed by atoms with Crippen molar-refractivity contribution in [1.29, 1.82) is 0 Å². The summed E-state index contributed by atoms with van der Waals surface area (Å²) in [6.07, 6.45) is 4.00. The Morgan fingerprint density at radius 2 is 1.89 bits per heavy atom. The number of thiophene rings is 1. The van der Waals surface area contributed by atoms with Gasteiger partial charge in [-0.3, -0.25) is 9.69 Å². The summed E-state index contributed by atoms with van der Waals surface area (Å²) in [5, 5.41) is 4.89. The highest BCUT2D eigenvalue weighted by Gasteiger charge is 2.23. The van der Waals surface area contributed by atoms with Gasteiger partial charge in [0.05, 0.1) is 12.0 Å². The van der Waals surface area contributed by atoms with Crippen molar-refractivity contribution in [3.05, 3.63) is 87.0 Å². The Hall–Kier alpha value is -3.14. The number of piperazine rings is 1. The predicted octanol–water partition coefficient (Wildman–Crippen LogP) is 5.52. The Balaban J connectivity index is 1.31. The molecule has 3 amide bonds. The molecule has 7 nitrogen and oxygen atoms in total. The van der Waals surface area contributed by atoms with E-state index in [4.69, 9.17) is 4.74 Å². The molecule has 0 radical (unpaired) electrons. The van der Waals surface area contributed by atoms with Crippen LogP contribution in [0.5, 0.6) is 5.75 Å². The van der Waals surface area contributed by atoms with Crippen molar-refractivity contribution >= 4 is 51.0 Å². The number of nitrogens with one attached hydrogen (secondary N) is 1. The number of methoxy groups -OCH3 is 1. The zero-order valence-corrected chi connectivity index (χ0v) is 23.2. The van der Waals surface area contributed by atoms with Crippen LogP contribution in [0.3, 0.4) is 0 Å². The first-order valence-electron chi connectivity index (χ1n) is 12.2. The van der Waals surface area contributed by atoms with Gasteiger partial charge in [0.2, 0.25) is 0 Å². The van der Waals surface area contributed by atoms with E-state index >= 15 is 0 Å². The molecule has 1 saturated heterocycles. The molecule has 0 spiro atoms. The fraction of sp³-hybridized carbons (Fsp3) is 0.286. The summed E-state index contributed by atoms with van der Waals surface area (Å²) in [7, 11) is 1.66. The molecule has 0 aliphatic carbocycles. The molecule has 0 atom stereocenters. The number of anilines is 1. The maximum absolute atomic E-state index is 13.2. The van der Waals surface area contributed by atoms with Crippen molar-refractivity contribution in [2.75, 3.05) is 58.2 Å². The third-order valence-electron chi connectivity index (χ3n) is 6.20. The molecule has 2 heterocycles. The van der Waals surface area contributed by atoms with E-state index in [1.54, 1.807) is 7.11 Å². The van der Waals surface area contributed by atoms with E-state index in [1.807, 2.05) is 88.0 Å². The number of carbonyl (C=O) groups excluding carboxylic acids is 2. The second kappa shape index (κ2) is 13.4. The van der Waals surface area contributed by atoms with Crippen molar-refractivity contribution in [2.24, 2.45) is 0 Å². The van der Waals surface area contributed by atoms with Crippen molar-refractivity contribution in [2.45, 2.75) is 0 Å². The summed E-state index contributed by atoms with van der Waals surface area (Å²) in [6, 6.07) is 19.1. The number of rotatable bonds is 9. The van der Waals surface area contributed by atoms with Gasteiger partial charge in [0.1, 0.15) is 5.75 Å². The molecule has 194 valence electrons. The van der Waals surface area contributed by atoms with Gasteiger partial charge in [-0.05, 0) is 35.7 Å². The lowest BCUT2D eigenvalue weighted by Crippen LogP contribution is -2.51. The van der Waals surface area contributed by atoms with Crippen molar-refractivity contribution < 1.29 is 14.3 Å². The lowest BCUT2D eigenvalue weighted by atomic mass is 10.2. The molecule has 4 rings (SSSR count). The normalized spacial score (nSPS) is 14.1. The highest BCUT2D eigenvalue weighted by atomic mass is 79.9. The standard InChI is InChI=1S/C28H31BrN4O3S/c1-36-25-11-3-2-7-22(25)8-5-13-32(27(34)26-12-6-20-37-26)17-14-31-15-18-33(19-16-31)28(35)30-24-10-4-9-23(29)21-24/h2-12,20-21H,13-19H2,1H3,(H,30,35). The minimum atomic E-state index is -0.0891. The lowest BCUT2D eigenvalue weighted by molar-refractivity contribution is 0.0744. The molecule has 1 aromatic heterocycles. The molecule has 1 aliphatic rings. The monoisotopic (exact) mass is 582 g/mol. The van der Waals surface area contributed by atoms with E-state index in [1.165, 1.54) is 11.3 Å². The zero-order chi connectivity index (χ0) is 26.0. The highest BCUT2D eigenvalue weighted by Crippen LogP contribution is 2.19. The maximum atomic E-state index is 13.2. The molecule has 0 bridgehead atoms. The number of carbonyl (C=O) groups is 2. The Bertz CT molecular complexity index is 1210. The van der Waals surface area contributed by atoms with Gasteiger partial charge in [-0.2, -0.15) is 0 Å². The van der Waals surface area contributed by atoms with Gasteiger partial charge in [-0.25, -0.2) is 4.79 Å². The molecule has 1 aliphatic heterocycles. The number of hydrogen-bond donors (Lipinski definition) is 1. The van der Waals surface area contributed by atoms with Gasteiger partial charge in [0.15, 0.2) is 0 Å². The number of halogens is 1. The largest absolute Gasteiger partial charge is 0.496 e. The summed E-state index contributed by atoms with van der Waals surface area (Å²) in [5.74, 6) is 0.836. The van der Waals surface area contributed by atoms with E-state index < -0.39 is 0 Å². The van der Waals surface area contributed by atoms with E-state index in [0.717, 1.165) is 46.0 Å². The van der Waals surface area contributed by atoms with Crippen LogP contribution in [-0.4, -0.2) is 79.6 Å². The van der Waals surface area contributed by atoms with Gasteiger partial charge < -0.3 is 19.9 Å². The van der Waals surface area contributed by atoms with Crippen LogP contribution >= 0.6 is 27.3 Å². The van der Waals surface area contributed by atoms with Crippen molar-refractivity contribution in [3.63, 3.8) is 0 Å². The lowest BCUT2D eigenvalue weighted by Gasteiger charge is -2.35. The first-order chi connectivity index (χ1) is 18.0. The summed E-state index contributed by atoms with van der Waals surface area (Å²) < 4.78 is 6.35. The Morgan fingerprint density at radius 3 is 2.62 bits per heavy atom. The molecular weight excluding hydrogens is 552 g/mol. The fourth-order valence-electron chi connectivity index (χ4n) is 4.15. The minimum Gasteiger partial charge on any atom is -0.496 e. The van der Waals surface area contributed by atoms with Crippen LogP contribution in [0.25, 0.3) is 6.08 Å². The fourth-order valence-corrected chi connectivity index (χ4v) is 5.24. The third-order valence-corrected chi connectivity index (χ3v) is 7.55. The van der Waals surface area contributed by atoms with Crippen LogP contribution in [0.2, 0.25) is 0 Å². The maximum Gasteiger partial charge on any atom is 0.321 e. The number of amides is 3. The topological polar surface area (TPSA) is 65.1 Å². The van der Waals surface area contributed by atoms with Crippen LogP contribution < -0.4 is 10.1 Å². The number of hydrogen-bond acceptors (Lipinski definition) is 5. The quantitative estimate of drug-likeness (QED) is 0.360. The van der Waals surface area contributed by atoms with Gasteiger partial charge in [0, 0.05) is 61.5 Å².